The highest BCUT2D eigenvalue weighted by atomic mass is 14.9. The molecule has 80 valence electrons. The van der Waals surface area contributed by atoms with Crippen LogP contribution in [0.5, 0.6) is 0 Å². The second-order valence-electron chi connectivity index (χ2n) is 4.85. The Morgan fingerprint density at radius 2 is 1.93 bits per heavy atom. The van der Waals surface area contributed by atoms with E-state index in [1.165, 1.54) is 44.9 Å². The monoisotopic (exact) mass is 194 g/mol. The summed E-state index contributed by atoms with van der Waals surface area (Å²) in [5.74, 6) is 2.41. The fourth-order valence-corrected chi connectivity index (χ4v) is 2.51. The quantitative estimate of drug-likeness (QED) is 0.544. The van der Waals surface area contributed by atoms with E-state index in [1.807, 2.05) is 0 Å². The molecule has 0 amide bonds. The van der Waals surface area contributed by atoms with Crippen molar-refractivity contribution in [2.45, 2.75) is 57.9 Å². The molecule has 0 aliphatic heterocycles. The van der Waals surface area contributed by atoms with Gasteiger partial charge in [0, 0.05) is 5.92 Å². The molecule has 14 heavy (non-hydrogen) atoms. The van der Waals surface area contributed by atoms with E-state index in [9.17, 15) is 0 Å². The standard InChI is InChI=1S/C12H22N2/c1-2-9-5-3-4-6-11(9)14-12(13)10-7-8-10/h9-11H,2-8H2,1H3,(H2,13,14). The normalized spacial score (nSPS) is 34.5. The highest BCUT2D eigenvalue weighted by Gasteiger charge is 2.28. The van der Waals surface area contributed by atoms with Crippen molar-refractivity contribution < 1.29 is 0 Å². The van der Waals surface area contributed by atoms with Crippen molar-refractivity contribution in [1.82, 2.24) is 0 Å². The molecule has 0 aromatic heterocycles. The van der Waals surface area contributed by atoms with Gasteiger partial charge >= 0.3 is 0 Å². The molecule has 0 aromatic carbocycles. The van der Waals surface area contributed by atoms with E-state index in [-0.39, 0.29) is 0 Å². The van der Waals surface area contributed by atoms with Crippen LogP contribution in [-0.4, -0.2) is 11.9 Å². The molecule has 2 aliphatic carbocycles. The van der Waals surface area contributed by atoms with Gasteiger partial charge in [-0.15, -0.1) is 0 Å². The zero-order chi connectivity index (χ0) is 9.97. The summed E-state index contributed by atoms with van der Waals surface area (Å²) in [5, 5.41) is 0. The van der Waals surface area contributed by atoms with E-state index in [2.05, 4.69) is 6.92 Å². The molecule has 2 heteroatoms. The van der Waals surface area contributed by atoms with Gasteiger partial charge in [-0.2, -0.15) is 0 Å². The molecule has 0 aromatic rings. The summed E-state index contributed by atoms with van der Waals surface area (Å²) in [6.45, 7) is 2.28. The van der Waals surface area contributed by atoms with Gasteiger partial charge in [-0.1, -0.05) is 26.2 Å². The topological polar surface area (TPSA) is 38.4 Å². The van der Waals surface area contributed by atoms with Gasteiger partial charge in [0.15, 0.2) is 0 Å². The van der Waals surface area contributed by atoms with E-state index < -0.39 is 0 Å². The van der Waals surface area contributed by atoms with E-state index in [0.29, 0.717) is 12.0 Å². The lowest BCUT2D eigenvalue weighted by Crippen LogP contribution is -2.26. The zero-order valence-electron chi connectivity index (χ0n) is 9.21. The van der Waals surface area contributed by atoms with Gasteiger partial charge < -0.3 is 5.73 Å². The summed E-state index contributed by atoms with van der Waals surface area (Å²) in [5.41, 5.74) is 5.98. The van der Waals surface area contributed by atoms with Gasteiger partial charge in [0.1, 0.15) is 0 Å². The minimum Gasteiger partial charge on any atom is -0.387 e. The lowest BCUT2D eigenvalue weighted by molar-refractivity contribution is 0.301. The van der Waals surface area contributed by atoms with E-state index >= 15 is 0 Å². The largest absolute Gasteiger partial charge is 0.387 e. The molecule has 2 aliphatic rings. The van der Waals surface area contributed by atoms with Gasteiger partial charge in [-0.3, -0.25) is 4.99 Å². The summed E-state index contributed by atoms with van der Waals surface area (Å²) >= 11 is 0. The number of nitrogens with zero attached hydrogens (tertiary/aromatic N) is 1. The summed E-state index contributed by atoms with van der Waals surface area (Å²) in [6, 6.07) is 0.550. The maximum absolute atomic E-state index is 5.98. The van der Waals surface area contributed by atoms with E-state index in [4.69, 9.17) is 10.7 Å². The molecule has 2 nitrogen and oxygen atoms in total. The first-order valence-electron chi connectivity index (χ1n) is 6.14. The minimum absolute atomic E-state index is 0.550. The van der Waals surface area contributed by atoms with Crippen molar-refractivity contribution in [2.75, 3.05) is 0 Å². The Balaban J connectivity index is 1.95. The summed E-state index contributed by atoms with van der Waals surface area (Å²) in [4.78, 5) is 4.74. The number of hydrogen-bond donors (Lipinski definition) is 1. The van der Waals surface area contributed by atoms with Gasteiger partial charge in [0.25, 0.3) is 0 Å². The van der Waals surface area contributed by atoms with Crippen molar-refractivity contribution in [1.29, 1.82) is 0 Å². The number of nitrogens with two attached hydrogens (primary N) is 1. The second kappa shape index (κ2) is 4.33. The lowest BCUT2D eigenvalue weighted by atomic mass is 9.83. The second-order valence-corrected chi connectivity index (χ2v) is 4.85. The SMILES string of the molecule is CCC1CCCCC1N=C(N)C1CC1. The van der Waals surface area contributed by atoms with Crippen LogP contribution in [0.1, 0.15) is 51.9 Å². The Labute approximate surface area is 87.0 Å². The van der Waals surface area contributed by atoms with Crippen molar-refractivity contribution >= 4 is 5.84 Å². The van der Waals surface area contributed by atoms with Crippen molar-refractivity contribution in [3.63, 3.8) is 0 Å². The van der Waals surface area contributed by atoms with Crippen LogP contribution in [0.15, 0.2) is 4.99 Å². The molecule has 0 heterocycles. The molecule has 0 bridgehead atoms. The average Bonchev–Trinajstić information content (AvgIpc) is 3.02. The molecule has 2 N–H and O–H groups in total. The summed E-state index contributed by atoms with van der Waals surface area (Å²) in [6.07, 6.45) is 9.20. The Kier molecular flexibility index (Phi) is 3.09. The predicted octanol–water partition coefficient (Wildman–Crippen LogP) is 2.72. The first-order chi connectivity index (χ1) is 6.81. The van der Waals surface area contributed by atoms with Crippen LogP contribution in [0.25, 0.3) is 0 Å². The fourth-order valence-electron chi connectivity index (χ4n) is 2.51. The van der Waals surface area contributed by atoms with Crippen LogP contribution < -0.4 is 5.73 Å². The van der Waals surface area contributed by atoms with Crippen LogP contribution in [0.3, 0.4) is 0 Å². The van der Waals surface area contributed by atoms with Crippen LogP contribution in [0, 0.1) is 11.8 Å². The number of rotatable bonds is 3. The van der Waals surface area contributed by atoms with Gasteiger partial charge in [0.2, 0.25) is 0 Å². The van der Waals surface area contributed by atoms with Crippen molar-refractivity contribution in [3.8, 4) is 0 Å². The smallest absolute Gasteiger partial charge is 0.0971 e. The molecule has 0 saturated heterocycles. The number of amidine groups is 1. The maximum atomic E-state index is 5.98. The lowest BCUT2D eigenvalue weighted by Gasteiger charge is -2.28. The third-order valence-corrected chi connectivity index (χ3v) is 3.70. The fraction of sp³-hybridized carbons (Fsp3) is 0.917. The van der Waals surface area contributed by atoms with Crippen LogP contribution in [0.2, 0.25) is 0 Å². The minimum atomic E-state index is 0.550. The predicted molar refractivity (Wildman–Crippen MR) is 60.4 cm³/mol. The molecule has 2 saturated carbocycles. The van der Waals surface area contributed by atoms with Gasteiger partial charge in [-0.25, -0.2) is 0 Å². The molecular weight excluding hydrogens is 172 g/mol. The van der Waals surface area contributed by atoms with Crippen molar-refractivity contribution in [2.24, 2.45) is 22.6 Å². The first kappa shape index (κ1) is 10.0. The molecule has 2 atom stereocenters. The molecule has 0 spiro atoms. The third kappa shape index (κ3) is 2.28. The molecule has 2 fully saturated rings. The average molecular weight is 194 g/mol. The van der Waals surface area contributed by atoms with E-state index in [0.717, 1.165) is 11.8 Å². The summed E-state index contributed by atoms with van der Waals surface area (Å²) in [7, 11) is 0. The first-order valence-corrected chi connectivity index (χ1v) is 6.14. The molecule has 2 rings (SSSR count). The Bertz CT molecular complexity index is 218. The highest BCUT2D eigenvalue weighted by Crippen LogP contribution is 2.32. The van der Waals surface area contributed by atoms with Crippen LogP contribution in [-0.2, 0) is 0 Å². The Hall–Kier alpha value is -0.530. The third-order valence-electron chi connectivity index (χ3n) is 3.70. The van der Waals surface area contributed by atoms with Crippen LogP contribution in [0.4, 0.5) is 0 Å². The molecular formula is C12H22N2. The van der Waals surface area contributed by atoms with Gasteiger partial charge in [-0.05, 0) is 31.6 Å². The Morgan fingerprint density at radius 3 is 2.57 bits per heavy atom. The van der Waals surface area contributed by atoms with Gasteiger partial charge in [0.05, 0.1) is 11.9 Å². The molecule has 0 radical (unpaired) electrons. The number of aliphatic imine (C=N–C) groups is 1. The maximum Gasteiger partial charge on any atom is 0.0971 e. The Morgan fingerprint density at radius 1 is 1.21 bits per heavy atom. The molecule has 2 unspecified atom stereocenters. The zero-order valence-corrected chi connectivity index (χ0v) is 9.21. The number of hydrogen-bond acceptors (Lipinski definition) is 1. The van der Waals surface area contributed by atoms with Crippen LogP contribution >= 0.6 is 0 Å². The van der Waals surface area contributed by atoms with E-state index in [1.54, 1.807) is 0 Å². The van der Waals surface area contributed by atoms with Crippen molar-refractivity contribution in [3.05, 3.63) is 0 Å². The summed E-state index contributed by atoms with van der Waals surface area (Å²) < 4.78 is 0. The highest BCUT2D eigenvalue weighted by molar-refractivity contribution is 5.85.